The lowest BCUT2D eigenvalue weighted by Crippen LogP contribution is -2.33. The number of fused-ring (bicyclic) bond motifs is 2. The highest BCUT2D eigenvalue weighted by Gasteiger charge is 2.24. The molecule has 0 spiro atoms. The van der Waals surface area contributed by atoms with Crippen molar-refractivity contribution in [2.24, 2.45) is 7.05 Å². The summed E-state index contributed by atoms with van der Waals surface area (Å²) in [4.78, 5) is 36.9. The first kappa shape index (κ1) is 24.9. The summed E-state index contributed by atoms with van der Waals surface area (Å²) in [5, 5.41) is 12.1. The number of hydrogen-bond donors (Lipinski definition) is 1. The summed E-state index contributed by atoms with van der Waals surface area (Å²) in [6.07, 6.45) is 10.8. The highest BCUT2D eigenvalue weighted by molar-refractivity contribution is 6.01. The van der Waals surface area contributed by atoms with E-state index in [2.05, 4.69) is 20.5 Å². The number of nitrogens with one attached hydrogen (secondary N) is 1. The molecule has 0 saturated heterocycles. The number of carbonyl (C=O) groups is 1. The Morgan fingerprint density at radius 2 is 1.88 bits per heavy atom. The van der Waals surface area contributed by atoms with Crippen LogP contribution in [0.15, 0.2) is 84.2 Å². The van der Waals surface area contributed by atoms with E-state index in [1.807, 2.05) is 80.9 Å². The minimum absolute atomic E-state index is 0.229. The molecule has 198 valence electrons. The summed E-state index contributed by atoms with van der Waals surface area (Å²) in [6, 6.07) is 16.0. The average molecular weight is 531 g/mol. The first-order chi connectivity index (χ1) is 19.4. The fourth-order valence-electron chi connectivity index (χ4n) is 4.84. The van der Waals surface area contributed by atoms with Crippen LogP contribution in [0.4, 0.5) is 0 Å². The minimum atomic E-state index is -0.613. The summed E-state index contributed by atoms with van der Waals surface area (Å²) in [5.41, 5.74) is 4.01. The van der Waals surface area contributed by atoms with E-state index < -0.39 is 6.04 Å². The van der Waals surface area contributed by atoms with Gasteiger partial charge < -0.3 is 5.32 Å². The van der Waals surface area contributed by atoms with E-state index in [1.165, 1.54) is 0 Å². The van der Waals surface area contributed by atoms with Crippen molar-refractivity contribution in [3.05, 3.63) is 118 Å². The van der Waals surface area contributed by atoms with E-state index in [0.717, 1.165) is 11.1 Å². The molecule has 4 heterocycles. The molecule has 0 unspecified atom stereocenters. The number of para-hydroxylation sites is 1. The number of benzene rings is 2. The Morgan fingerprint density at radius 3 is 2.65 bits per heavy atom. The predicted octanol–water partition coefficient (Wildman–Crippen LogP) is 4.13. The zero-order valence-electron chi connectivity index (χ0n) is 22.2. The van der Waals surface area contributed by atoms with Gasteiger partial charge in [-0.2, -0.15) is 10.2 Å². The van der Waals surface area contributed by atoms with Crippen LogP contribution in [-0.4, -0.2) is 39.8 Å². The van der Waals surface area contributed by atoms with E-state index in [0.29, 0.717) is 39.3 Å². The summed E-state index contributed by atoms with van der Waals surface area (Å²) < 4.78 is 4.86. The van der Waals surface area contributed by atoms with Gasteiger partial charge in [0, 0.05) is 31.2 Å². The van der Waals surface area contributed by atoms with Crippen molar-refractivity contribution < 1.29 is 4.79 Å². The molecule has 0 aliphatic heterocycles. The molecule has 1 amide bonds. The fraction of sp³-hybridized carbons (Fsp3) is 0.133. The third kappa shape index (κ3) is 4.45. The molecule has 4 aromatic heterocycles. The topological polar surface area (TPSA) is 112 Å². The molecule has 0 radical (unpaired) electrons. The van der Waals surface area contributed by atoms with Crippen LogP contribution in [0.3, 0.4) is 0 Å². The number of aryl methyl sites for hydroxylation is 2. The Labute approximate surface area is 229 Å². The summed E-state index contributed by atoms with van der Waals surface area (Å²) in [5.74, 6) is 0.0633. The Kier molecular flexibility index (Phi) is 6.27. The lowest BCUT2D eigenvalue weighted by molar-refractivity contribution is 0.0938. The molecule has 1 atom stereocenters. The van der Waals surface area contributed by atoms with E-state index in [-0.39, 0.29) is 11.5 Å². The van der Waals surface area contributed by atoms with Crippen LogP contribution in [0.25, 0.3) is 34.4 Å². The van der Waals surface area contributed by atoms with Gasteiger partial charge in [0.25, 0.3) is 11.5 Å². The van der Waals surface area contributed by atoms with Crippen molar-refractivity contribution in [1.29, 1.82) is 0 Å². The van der Waals surface area contributed by atoms with Gasteiger partial charge in [-0.1, -0.05) is 42.5 Å². The second-order valence-electron chi connectivity index (χ2n) is 9.51. The number of aromatic nitrogens is 7. The smallest absolute Gasteiger partial charge is 0.266 e. The van der Waals surface area contributed by atoms with Crippen molar-refractivity contribution in [2.75, 3.05) is 0 Å². The largest absolute Gasteiger partial charge is 0.342 e. The number of carbonyl (C=O) groups excluding carboxylic acids is 1. The van der Waals surface area contributed by atoms with Gasteiger partial charge >= 0.3 is 0 Å². The van der Waals surface area contributed by atoms with Crippen LogP contribution in [0.1, 0.15) is 46.0 Å². The van der Waals surface area contributed by atoms with Gasteiger partial charge in [0.15, 0.2) is 5.65 Å². The average Bonchev–Trinajstić information content (AvgIpc) is 3.53. The van der Waals surface area contributed by atoms with Crippen LogP contribution in [0.5, 0.6) is 0 Å². The van der Waals surface area contributed by atoms with E-state index in [1.54, 1.807) is 45.3 Å². The molecule has 0 aliphatic carbocycles. The second kappa shape index (κ2) is 10.1. The first-order valence-corrected chi connectivity index (χ1v) is 12.8. The summed E-state index contributed by atoms with van der Waals surface area (Å²) >= 11 is 0. The van der Waals surface area contributed by atoms with Gasteiger partial charge in [-0.15, -0.1) is 0 Å². The van der Waals surface area contributed by atoms with Crippen LogP contribution >= 0.6 is 0 Å². The van der Waals surface area contributed by atoms with Gasteiger partial charge in [-0.05, 0) is 43.7 Å². The predicted molar refractivity (Wildman–Crippen MR) is 153 cm³/mol. The molecule has 10 nitrogen and oxygen atoms in total. The van der Waals surface area contributed by atoms with E-state index in [4.69, 9.17) is 4.98 Å². The highest BCUT2D eigenvalue weighted by Crippen LogP contribution is 2.23. The van der Waals surface area contributed by atoms with Crippen LogP contribution in [-0.2, 0) is 7.05 Å². The quantitative estimate of drug-likeness (QED) is 0.347. The molecule has 6 rings (SSSR count). The Morgan fingerprint density at radius 1 is 1.05 bits per heavy atom. The lowest BCUT2D eigenvalue weighted by atomic mass is 10.1. The van der Waals surface area contributed by atoms with Crippen molar-refractivity contribution in [3.8, 4) is 5.69 Å². The number of hydrogen-bond acceptors (Lipinski definition) is 6. The zero-order valence-corrected chi connectivity index (χ0v) is 22.2. The number of amides is 1. The molecule has 40 heavy (non-hydrogen) atoms. The maximum absolute atomic E-state index is 14.2. The molecule has 0 saturated carbocycles. The van der Waals surface area contributed by atoms with Crippen LogP contribution in [0.2, 0.25) is 0 Å². The van der Waals surface area contributed by atoms with E-state index in [9.17, 15) is 9.59 Å². The summed E-state index contributed by atoms with van der Waals surface area (Å²) in [7, 11) is 1.85. The molecule has 0 fully saturated rings. The molecular weight excluding hydrogens is 504 g/mol. The van der Waals surface area contributed by atoms with Crippen molar-refractivity contribution in [1.82, 2.24) is 39.2 Å². The Hall–Kier alpha value is -5.38. The first-order valence-electron chi connectivity index (χ1n) is 12.8. The molecular formula is C30H26N8O2. The highest BCUT2D eigenvalue weighted by atomic mass is 16.2. The molecule has 6 aromatic rings. The van der Waals surface area contributed by atoms with Crippen molar-refractivity contribution in [3.63, 3.8) is 0 Å². The fourth-order valence-corrected chi connectivity index (χ4v) is 4.84. The maximum atomic E-state index is 14.2. The minimum Gasteiger partial charge on any atom is -0.342 e. The number of nitrogens with zero attached hydrogens (tertiary/aromatic N) is 7. The van der Waals surface area contributed by atoms with Crippen LogP contribution in [0, 0.1) is 6.92 Å². The third-order valence-corrected chi connectivity index (χ3v) is 6.68. The summed E-state index contributed by atoms with van der Waals surface area (Å²) in [6.45, 7) is 3.58. The van der Waals surface area contributed by atoms with Gasteiger partial charge in [0.05, 0.1) is 34.5 Å². The standard InChI is InChI=1S/C30H26N8O2/c1-19-25(28-31-15-8-16-37(28)35-19)29(39)33-20(2)27-34-24-12-7-9-22(14-13-21-17-32-36(3)18-21)26(24)30(40)38(27)23-10-5-4-6-11-23/h4-18,20H,1-3H3,(H,33,39)/b14-13+/t20-/m0/s1. The maximum Gasteiger partial charge on any atom is 0.266 e. The number of rotatable bonds is 6. The Bertz CT molecular complexity index is 1970. The van der Waals surface area contributed by atoms with Crippen molar-refractivity contribution in [2.45, 2.75) is 19.9 Å². The lowest BCUT2D eigenvalue weighted by Gasteiger charge is -2.20. The molecule has 10 heteroatoms. The molecule has 1 N–H and O–H groups in total. The van der Waals surface area contributed by atoms with Gasteiger partial charge in [0.2, 0.25) is 0 Å². The van der Waals surface area contributed by atoms with Crippen molar-refractivity contribution >= 4 is 34.6 Å². The Balaban J connectivity index is 1.46. The SMILES string of the molecule is Cc1nn2cccnc2c1C(=O)N[C@@H](C)c1nc2cccc(/C=C/c3cnn(C)c3)c2c(=O)n1-c1ccccc1. The van der Waals surface area contributed by atoms with E-state index >= 15 is 0 Å². The van der Waals surface area contributed by atoms with Gasteiger partial charge in [0.1, 0.15) is 11.4 Å². The normalized spacial score (nSPS) is 12.4. The molecule has 0 aliphatic rings. The van der Waals surface area contributed by atoms with Gasteiger partial charge in [-0.25, -0.2) is 14.5 Å². The van der Waals surface area contributed by atoms with Crippen LogP contribution < -0.4 is 10.9 Å². The second-order valence-corrected chi connectivity index (χ2v) is 9.51. The third-order valence-electron chi connectivity index (χ3n) is 6.68. The van der Waals surface area contributed by atoms with Gasteiger partial charge in [-0.3, -0.25) is 18.8 Å². The monoisotopic (exact) mass is 530 g/mol. The molecule has 0 bridgehead atoms. The molecule has 2 aromatic carbocycles. The zero-order chi connectivity index (χ0) is 27.8.